The fraction of sp³-hybridized carbons (Fsp3) is 0.107. The zero-order chi connectivity index (χ0) is 25.4. The molecule has 3 aromatic carbocycles. The molecule has 0 unspecified atom stereocenters. The van der Waals surface area contributed by atoms with Crippen molar-refractivity contribution in [3.05, 3.63) is 105 Å². The lowest BCUT2D eigenvalue weighted by atomic mass is 9.99. The number of carbonyl (C=O) groups excluding carboxylic acids is 1. The van der Waals surface area contributed by atoms with E-state index in [2.05, 4.69) is 5.32 Å². The first-order valence-electron chi connectivity index (χ1n) is 11.1. The Bertz CT molecular complexity index is 1670. The molecule has 7 nitrogen and oxygen atoms in total. The summed E-state index contributed by atoms with van der Waals surface area (Å²) in [6, 6.07) is 18.0. The van der Waals surface area contributed by atoms with Gasteiger partial charge in [0.05, 0.1) is 18.2 Å². The topological polar surface area (TPSA) is 110 Å². The van der Waals surface area contributed by atoms with Crippen LogP contribution in [0.4, 0.5) is 0 Å². The number of amides is 1. The van der Waals surface area contributed by atoms with Gasteiger partial charge in [-0.25, -0.2) is 9.59 Å². The van der Waals surface area contributed by atoms with Gasteiger partial charge in [0.15, 0.2) is 6.04 Å². The first kappa shape index (κ1) is 23.4. The lowest BCUT2D eigenvalue weighted by molar-refractivity contribution is -0.142. The summed E-state index contributed by atoms with van der Waals surface area (Å²) in [6.07, 6.45) is 1.30. The fourth-order valence-electron chi connectivity index (χ4n) is 4.27. The van der Waals surface area contributed by atoms with E-state index in [9.17, 15) is 19.5 Å². The summed E-state index contributed by atoms with van der Waals surface area (Å²) < 4.78 is 11.2. The van der Waals surface area contributed by atoms with Gasteiger partial charge < -0.3 is 19.3 Å². The van der Waals surface area contributed by atoms with Crippen LogP contribution in [0.1, 0.15) is 22.7 Å². The third kappa shape index (κ3) is 4.36. The number of aliphatic carboxylic acids is 1. The summed E-state index contributed by atoms with van der Waals surface area (Å²) in [6.45, 7) is 1.74. The number of benzene rings is 3. The second-order valence-corrected chi connectivity index (χ2v) is 8.86. The van der Waals surface area contributed by atoms with Crippen LogP contribution >= 0.6 is 11.6 Å². The van der Waals surface area contributed by atoms with E-state index in [0.717, 1.165) is 16.5 Å². The molecule has 0 aliphatic carbocycles. The van der Waals surface area contributed by atoms with Gasteiger partial charge in [0.25, 0.3) is 0 Å². The molecule has 180 valence electrons. The van der Waals surface area contributed by atoms with Gasteiger partial charge in [-0.05, 0) is 41.8 Å². The maximum Gasteiger partial charge on any atom is 0.340 e. The molecule has 0 saturated heterocycles. The van der Waals surface area contributed by atoms with Crippen molar-refractivity contribution in [3.63, 3.8) is 0 Å². The van der Waals surface area contributed by atoms with E-state index in [-0.39, 0.29) is 12.0 Å². The molecular weight excluding hydrogens is 482 g/mol. The van der Waals surface area contributed by atoms with Crippen LogP contribution in [-0.2, 0) is 16.0 Å². The Kier molecular flexibility index (Phi) is 6.08. The van der Waals surface area contributed by atoms with Crippen LogP contribution in [0.15, 0.2) is 86.6 Å². The summed E-state index contributed by atoms with van der Waals surface area (Å²) in [4.78, 5) is 37.3. The van der Waals surface area contributed by atoms with Crippen LogP contribution in [-0.4, -0.2) is 17.0 Å². The van der Waals surface area contributed by atoms with Crippen molar-refractivity contribution >= 4 is 45.4 Å². The van der Waals surface area contributed by atoms with E-state index in [1.165, 1.54) is 0 Å². The van der Waals surface area contributed by atoms with Gasteiger partial charge in [0, 0.05) is 27.4 Å². The van der Waals surface area contributed by atoms with Crippen LogP contribution in [0, 0.1) is 6.92 Å². The van der Waals surface area contributed by atoms with E-state index in [1.54, 1.807) is 61.7 Å². The Hall–Kier alpha value is -4.36. The van der Waals surface area contributed by atoms with Crippen molar-refractivity contribution in [2.75, 3.05) is 0 Å². The molecule has 0 saturated carbocycles. The maximum absolute atomic E-state index is 12.8. The highest BCUT2D eigenvalue weighted by molar-refractivity contribution is 6.30. The van der Waals surface area contributed by atoms with Crippen molar-refractivity contribution in [2.24, 2.45) is 0 Å². The first-order valence-corrected chi connectivity index (χ1v) is 11.5. The van der Waals surface area contributed by atoms with Gasteiger partial charge in [-0.3, -0.25) is 4.79 Å². The quantitative estimate of drug-likeness (QED) is 0.291. The Morgan fingerprint density at radius 2 is 1.72 bits per heavy atom. The molecule has 0 fully saturated rings. The van der Waals surface area contributed by atoms with Gasteiger partial charge in [0.1, 0.15) is 11.2 Å². The number of halogens is 1. The predicted octanol–water partition coefficient (Wildman–Crippen LogP) is 5.65. The van der Waals surface area contributed by atoms with E-state index in [0.29, 0.717) is 32.7 Å². The minimum Gasteiger partial charge on any atom is -0.479 e. The van der Waals surface area contributed by atoms with Crippen LogP contribution < -0.4 is 10.9 Å². The number of carboxylic acid groups (broad SMARTS) is 1. The molecule has 2 aromatic heterocycles. The SMILES string of the molecule is Cc1c(CC(=O)N[C@H](C(=O)O)c2ccccc2)c(=O)oc2cc3occ(-c4ccc(Cl)cc4)c3cc12. The Morgan fingerprint density at radius 1 is 1.00 bits per heavy atom. The van der Waals surface area contributed by atoms with Crippen molar-refractivity contribution in [2.45, 2.75) is 19.4 Å². The molecular formula is C28H20ClNO6. The number of carboxylic acids is 1. The highest BCUT2D eigenvalue weighted by Crippen LogP contribution is 2.35. The predicted molar refractivity (Wildman–Crippen MR) is 136 cm³/mol. The Balaban J connectivity index is 1.51. The van der Waals surface area contributed by atoms with Crippen LogP contribution in [0.2, 0.25) is 5.02 Å². The normalized spacial score (nSPS) is 12.1. The van der Waals surface area contributed by atoms with Gasteiger partial charge in [-0.15, -0.1) is 0 Å². The second kappa shape index (κ2) is 9.36. The molecule has 0 radical (unpaired) electrons. The van der Waals surface area contributed by atoms with E-state index in [4.69, 9.17) is 20.4 Å². The molecule has 36 heavy (non-hydrogen) atoms. The van der Waals surface area contributed by atoms with Crippen LogP contribution in [0.5, 0.6) is 0 Å². The standard InChI is InChI=1S/C28H20ClNO6/c1-15-19-11-21-22(16-7-9-18(29)10-8-16)14-35-23(21)13-24(19)36-28(34)20(15)12-25(31)30-26(27(32)33)17-5-3-2-4-6-17/h2-11,13-14,26H,12H2,1H3,(H,30,31)(H,32,33)/t26-/m0/s1. The molecule has 0 aliphatic rings. The molecule has 2 N–H and O–H groups in total. The molecule has 8 heteroatoms. The lowest BCUT2D eigenvalue weighted by Gasteiger charge is -2.15. The van der Waals surface area contributed by atoms with Gasteiger partial charge in [-0.2, -0.15) is 0 Å². The van der Waals surface area contributed by atoms with Crippen molar-refractivity contribution in [1.29, 1.82) is 0 Å². The number of nitrogens with one attached hydrogen (secondary N) is 1. The average Bonchev–Trinajstić information content (AvgIpc) is 3.27. The average molecular weight is 502 g/mol. The molecule has 2 heterocycles. The van der Waals surface area contributed by atoms with E-state index >= 15 is 0 Å². The van der Waals surface area contributed by atoms with Gasteiger partial charge >= 0.3 is 11.6 Å². The monoisotopic (exact) mass is 501 g/mol. The van der Waals surface area contributed by atoms with Gasteiger partial charge in [0.2, 0.25) is 5.91 Å². The number of hydrogen-bond donors (Lipinski definition) is 2. The molecule has 1 atom stereocenters. The zero-order valence-corrected chi connectivity index (χ0v) is 19.8. The largest absolute Gasteiger partial charge is 0.479 e. The number of carbonyl (C=O) groups is 2. The van der Waals surface area contributed by atoms with Crippen molar-refractivity contribution in [1.82, 2.24) is 5.32 Å². The molecule has 0 spiro atoms. The summed E-state index contributed by atoms with van der Waals surface area (Å²) >= 11 is 6.02. The molecule has 5 rings (SSSR count). The second-order valence-electron chi connectivity index (χ2n) is 8.42. The Labute approximate surface area is 209 Å². The fourth-order valence-corrected chi connectivity index (χ4v) is 4.40. The van der Waals surface area contributed by atoms with Crippen LogP contribution in [0.25, 0.3) is 33.1 Å². The third-order valence-electron chi connectivity index (χ3n) is 6.16. The highest BCUT2D eigenvalue weighted by Gasteiger charge is 2.24. The summed E-state index contributed by atoms with van der Waals surface area (Å²) in [7, 11) is 0. The Morgan fingerprint density at radius 3 is 2.42 bits per heavy atom. The van der Waals surface area contributed by atoms with Crippen molar-refractivity contribution in [3.8, 4) is 11.1 Å². The van der Waals surface area contributed by atoms with Crippen LogP contribution in [0.3, 0.4) is 0 Å². The molecule has 5 aromatic rings. The smallest absolute Gasteiger partial charge is 0.340 e. The summed E-state index contributed by atoms with van der Waals surface area (Å²) in [5, 5.41) is 14.2. The summed E-state index contributed by atoms with van der Waals surface area (Å²) in [5.74, 6) is -1.80. The van der Waals surface area contributed by atoms with Gasteiger partial charge in [-0.1, -0.05) is 54.1 Å². The number of aryl methyl sites for hydroxylation is 1. The maximum atomic E-state index is 12.8. The lowest BCUT2D eigenvalue weighted by Crippen LogP contribution is -2.35. The molecule has 0 aliphatic heterocycles. The minimum atomic E-state index is -1.24. The number of rotatable bonds is 6. The number of hydrogen-bond acceptors (Lipinski definition) is 5. The number of furan rings is 1. The highest BCUT2D eigenvalue weighted by atomic mass is 35.5. The minimum absolute atomic E-state index is 0.160. The number of fused-ring (bicyclic) bond motifs is 2. The zero-order valence-electron chi connectivity index (χ0n) is 19.1. The van der Waals surface area contributed by atoms with Crippen molar-refractivity contribution < 1.29 is 23.5 Å². The molecule has 0 bridgehead atoms. The van der Waals surface area contributed by atoms with E-state index < -0.39 is 23.5 Å². The first-order chi connectivity index (χ1) is 17.3. The van der Waals surface area contributed by atoms with E-state index in [1.807, 2.05) is 18.2 Å². The molecule has 1 amide bonds. The summed E-state index contributed by atoms with van der Waals surface area (Å²) in [5.41, 5.74) is 3.14. The third-order valence-corrected chi connectivity index (χ3v) is 6.41.